The molecular weight excluding hydrogens is 218 g/mol. The van der Waals surface area contributed by atoms with Crippen molar-refractivity contribution in [2.75, 3.05) is 11.1 Å². The summed E-state index contributed by atoms with van der Waals surface area (Å²) in [5.74, 6) is 0.553. The van der Waals surface area contributed by atoms with Crippen LogP contribution in [-0.4, -0.2) is 20.7 Å². The van der Waals surface area contributed by atoms with E-state index in [1.165, 1.54) is 13.3 Å². The number of nitrogens with two attached hydrogens (primary N) is 1. The van der Waals surface area contributed by atoms with E-state index in [2.05, 4.69) is 20.3 Å². The number of nitrogen functional groups attached to an aromatic ring is 1. The average Bonchev–Trinajstić information content (AvgIpc) is 2.29. The highest BCUT2D eigenvalue weighted by Crippen LogP contribution is 2.13. The Balaban J connectivity index is 2.16. The van der Waals surface area contributed by atoms with Crippen molar-refractivity contribution in [3.8, 4) is 0 Å². The molecule has 0 saturated carbocycles. The average molecular weight is 229 g/mol. The maximum Gasteiger partial charge on any atom is 0.231 e. The Bertz CT molecular complexity index is 538. The lowest BCUT2D eigenvalue weighted by Gasteiger charge is -2.04. The maximum atomic E-state index is 11.1. The summed E-state index contributed by atoms with van der Waals surface area (Å²) in [5, 5.41) is 2.96. The quantitative estimate of drug-likeness (QED) is 0.772. The summed E-state index contributed by atoms with van der Waals surface area (Å²) < 4.78 is 0. The van der Waals surface area contributed by atoms with Crippen LogP contribution in [0.5, 0.6) is 0 Å². The van der Waals surface area contributed by atoms with Crippen LogP contribution in [0.15, 0.2) is 30.6 Å². The summed E-state index contributed by atoms with van der Waals surface area (Å²) in [7, 11) is 0. The topological polar surface area (TPSA) is 93.8 Å². The van der Waals surface area contributed by atoms with Gasteiger partial charge in [-0.2, -0.15) is 4.98 Å². The van der Waals surface area contributed by atoms with Gasteiger partial charge in [0.1, 0.15) is 6.33 Å². The van der Waals surface area contributed by atoms with Crippen molar-refractivity contribution < 1.29 is 4.79 Å². The molecule has 0 radical (unpaired) electrons. The molecule has 3 N–H and O–H groups in total. The van der Waals surface area contributed by atoms with Crippen LogP contribution in [0.4, 0.5) is 17.6 Å². The van der Waals surface area contributed by atoms with E-state index >= 15 is 0 Å². The lowest BCUT2D eigenvalue weighted by atomic mass is 10.1. The molecule has 0 amide bonds. The molecule has 0 spiro atoms. The maximum absolute atomic E-state index is 11.1. The van der Waals surface area contributed by atoms with Crippen LogP contribution >= 0.6 is 0 Å². The van der Waals surface area contributed by atoms with Crippen molar-refractivity contribution >= 4 is 23.4 Å². The Morgan fingerprint density at radius 3 is 2.53 bits per heavy atom. The number of nitrogens with zero attached hydrogens (tertiary/aromatic N) is 3. The molecule has 1 aromatic heterocycles. The van der Waals surface area contributed by atoms with Crippen LogP contribution in [0.3, 0.4) is 0 Å². The molecule has 86 valence electrons. The van der Waals surface area contributed by atoms with Gasteiger partial charge in [0.2, 0.25) is 11.9 Å². The number of ketones is 1. The molecule has 6 nitrogen and oxygen atoms in total. The number of carbonyl (C=O) groups is 1. The molecule has 0 aliphatic carbocycles. The summed E-state index contributed by atoms with van der Waals surface area (Å²) in [4.78, 5) is 22.6. The first kappa shape index (κ1) is 11.0. The second kappa shape index (κ2) is 4.56. The van der Waals surface area contributed by atoms with E-state index in [1.807, 2.05) is 0 Å². The Morgan fingerprint density at radius 2 is 1.94 bits per heavy atom. The van der Waals surface area contributed by atoms with E-state index in [9.17, 15) is 4.79 Å². The summed E-state index contributed by atoms with van der Waals surface area (Å²) >= 11 is 0. The minimum atomic E-state index is 0.0287. The number of hydrogen-bond acceptors (Lipinski definition) is 6. The molecule has 0 unspecified atom stereocenters. The second-order valence-electron chi connectivity index (χ2n) is 3.43. The summed E-state index contributed by atoms with van der Waals surface area (Å²) in [6.07, 6.45) is 1.33. The van der Waals surface area contributed by atoms with E-state index in [-0.39, 0.29) is 11.7 Å². The molecule has 0 fully saturated rings. The third kappa shape index (κ3) is 2.75. The van der Waals surface area contributed by atoms with Crippen LogP contribution in [0.25, 0.3) is 0 Å². The second-order valence-corrected chi connectivity index (χ2v) is 3.43. The van der Waals surface area contributed by atoms with Crippen molar-refractivity contribution in [1.82, 2.24) is 15.0 Å². The molecule has 0 aliphatic rings. The highest BCUT2D eigenvalue weighted by atomic mass is 16.1. The number of nitrogens with one attached hydrogen (secondary N) is 1. The van der Waals surface area contributed by atoms with Crippen molar-refractivity contribution in [3.63, 3.8) is 0 Å². The number of Topliss-reactive ketones (excluding diaryl/α,β-unsaturated/α-hetero) is 1. The van der Waals surface area contributed by atoms with Gasteiger partial charge in [0.05, 0.1) is 0 Å². The first-order valence-electron chi connectivity index (χ1n) is 4.97. The van der Waals surface area contributed by atoms with Crippen LogP contribution in [0.1, 0.15) is 17.3 Å². The molecule has 0 saturated heterocycles. The first-order chi connectivity index (χ1) is 8.15. The number of rotatable bonds is 3. The summed E-state index contributed by atoms with van der Waals surface area (Å²) in [6.45, 7) is 1.52. The highest BCUT2D eigenvalue weighted by Gasteiger charge is 2.01. The molecule has 17 heavy (non-hydrogen) atoms. The molecule has 6 heteroatoms. The monoisotopic (exact) mass is 229 g/mol. The molecule has 0 aliphatic heterocycles. The summed E-state index contributed by atoms with van der Waals surface area (Å²) in [5.41, 5.74) is 6.87. The van der Waals surface area contributed by atoms with Crippen LogP contribution < -0.4 is 11.1 Å². The molecule has 0 atom stereocenters. The van der Waals surface area contributed by atoms with Gasteiger partial charge in [-0.05, 0) is 31.2 Å². The van der Waals surface area contributed by atoms with Gasteiger partial charge in [-0.1, -0.05) is 0 Å². The zero-order chi connectivity index (χ0) is 12.3. The summed E-state index contributed by atoms with van der Waals surface area (Å²) in [6, 6.07) is 7.01. The van der Waals surface area contributed by atoms with E-state index in [0.29, 0.717) is 11.5 Å². The third-order valence-electron chi connectivity index (χ3n) is 2.14. The number of carbonyl (C=O) groups excluding carboxylic acids is 1. The Labute approximate surface area is 97.9 Å². The van der Waals surface area contributed by atoms with Gasteiger partial charge in [0.25, 0.3) is 0 Å². The van der Waals surface area contributed by atoms with Crippen molar-refractivity contribution in [3.05, 3.63) is 36.2 Å². The zero-order valence-corrected chi connectivity index (χ0v) is 9.21. The number of anilines is 3. The van der Waals surface area contributed by atoms with E-state index < -0.39 is 0 Å². The van der Waals surface area contributed by atoms with Gasteiger partial charge in [-0.25, -0.2) is 9.97 Å². The predicted octanol–water partition coefficient (Wildman–Crippen LogP) is 1.40. The minimum Gasteiger partial charge on any atom is -0.368 e. The standard InChI is InChI=1S/C11H11N5O/c1-7(17)8-2-4-9(5-3-8)15-11-14-6-13-10(12)16-11/h2-6H,1H3,(H3,12,13,14,15,16). The number of hydrogen-bond donors (Lipinski definition) is 2. The van der Waals surface area contributed by atoms with Crippen molar-refractivity contribution in [1.29, 1.82) is 0 Å². The fraction of sp³-hybridized carbons (Fsp3) is 0.0909. The van der Waals surface area contributed by atoms with E-state index in [1.54, 1.807) is 24.3 Å². The SMILES string of the molecule is CC(=O)c1ccc(Nc2ncnc(N)n2)cc1. The van der Waals surface area contributed by atoms with Crippen LogP contribution in [-0.2, 0) is 0 Å². The number of benzene rings is 1. The van der Waals surface area contributed by atoms with Gasteiger partial charge in [-0.15, -0.1) is 0 Å². The number of aromatic nitrogens is 3. The van der Waals surface area contributed by atoms with Crippen molar-refractivity contribution in [2.45, 2.75) is 6.92 Å². The van der Waals surface area contributed by atoms with Gasteiger partial charge in [0, 0.05) is 11.3 Å². The molecular formula is C11H11N5O. The molecule has 2 rings (SSSR count). The minimum absolute atomic E-state index is 0.0287. The Kier molecular flexibility index (Phi) is 2.95. The van der Waals surface area contributed by atoms with Gasteiger partial charge < -0.3 is 11.1 Å². The van der Waals surface area contributed by atoms with Gasteiger partial charge in [-0.3, -0.25) is 4.79 Å². The Hall–Kier alpha value is -2.50. The third-order valence-corrected chi connectivity index (χ3v) is 2.14. The van der Waals surface area contributed by atoms with Gasteiger partial charge >= 0.3 is 0 Å². The highest BCUT2D eigenvalue weighted by molar-refractivity contribution is 5.94. The van der Waals surface area contributed by atoms with Crippen molar-refractivity contribution in [2.24, 2.45) is 0 Å². The Morgan fingerprint density at radius 1 is 1.24 bits per heavy atom. The fourth-order valence-corrected chi connectivity index (χ4v) is 1.29. The largest absolute Gasteiger partial charge is 0.368 e. The predicted molar refractivity (Wildman–Crippen MR) is 64.0 cm³/mol. The van der Waals surface area contributed by atoms with Crippen LogP contribution in [0, 0.1) is 0 Å². The lowest BCUT2D eigenvalue weighted by Crippen LogP contribution is -2.02. The molecule has 1 heterocycles. The van der Waals surface area contributed by atoms with E-state index in [0.717, 1.165) is 5.69 Å². The molecule has 2 aromatic rings. The zero-order valence-electron chi connectivity index (χ0n) is 9.21. The normalized spacial score (nSPS) is 9.94. The molecule has 1 aromatic carbocycles. The van der Waals surface area contributed by atoms with E-state index in [4.69, 9.17) is 5.73 Å². The lowest BCUT2D eigenvalue weighted by molar-refractivity contribution is 0.101. The smallest absolute Gasteiger partial charge is 0.231 e. The first-order valence-corrected chi connectivity index (χ1v) is 4.97. The fourth-order valence-electron chi connectivity index (χ4n) is 1.29. The van der Waals surface area contributed by atoms with Crippen LogP contribution in [0.2, 0.25) is 0 Å². The van der Waals surface area contributed by atoms with Gasteiger partial charge in [0.15, 0.2) is 5.78 Å². The molecule has 0 bridgehead atoms.